The monoisotopic (exact) mass is 320 g/mol. The first-order chi connectivity index (χ1) is 10.4. The normalized spacial score (nSPS) is 10.9. The predicted molar refractivity (Wildman–Crippen MR) is 96.1 cm³/mol. The number of thioether (sulfide) groups is 1. The summed E-state index contributed by atoms with van der Waals surface area (Å²) in [5.74, 6) is 1.30. The summed E-state index contributed by atoms with van der Waals surface area (Å²) in [6.07, 6.45) is 7.50. The third-order valence-electron chi connectivity index (χ3n) is 3.35. The van der Waals surface area contributed by atoms with E-state index in [9.17, 15) is 0 Å². The van der Waals surface area contributed by atoms with Gasteiger partial charge in [0, 0.05) is 17.5 Å². The molecule has 4 heteroatoms. The number of aromatic nitrogens is 1. The third kappa shape index (κ3) is 6.20. The van der Waals surface area contributed by atoms with E-state index in [0.717, 1.165) is 18.8 Å². The molecular weight excluding hydrogens is 296 g/mol. The van der Waals surface area contributed by atoms with Crippen molar-refractivity contribution in [3.05, 3.63) is 40.7 Å². The Bertz CT molecular complexity index is 497. The number of hydrogen-bond donors (Lipinski definition) is 1. The van der Waals surface area contributed by atoms with Crippen LogP contribution in [0, 0.1) is 0 Å². The molecule has 0 aliphatic heterocycles. The van der Waals surface area contributed by atoms with Gasteiger partial charge in [-0.05, 0) is 31.4 Å². The van der Waals surface area contributed by atoms with Crippen LogP contribution in [-0.2, 0) is 6.54 Å². The van der Waals surface area contributed by atoms with Crippen molar-refractivity contribution in [1.82, 2.24) is 10.3 Å². The van der Waals surface area contributed by atoms with E-state index in [1.807, 2.05) is 17.8 Å². The number of unbranched alkanes of at least 4 members (excludes halogenated alkanes) is 3. The van der Waals surface area contributed by atoms with Crippen LogP contribution in [0.2, 0.25) is 0 Å². The first-order valence-corrected chi connectivity index (χ1v) is 9.87. The van der Waals surface area contributed by atoms with Crippen LogP contribution in [0.3, 0.4) is 0 Å². The Hall–Kier alpha value is -0.840. The highest BCUT2D eigenvalue weighted by molar-refractivity contribution is 7.98. The zero-order valence-corrected chi connectivity index (χ0v) is 14.3. The van der Waals surface area contributed by atoms with Gasteiger partial charge in [0.15, 0.2) is 0 Å². The van der Waals surface area contributed by atoms with Crippen molar-refractivity contribution in [3.8, 4) is 11.3 Å². The minimum Gasteiger partial charge on any atom is -0.310 e. The fraction of sp³-hybridized carbons (Fsp3) is 0.471. The zero-order valence-electron chi connectivity index (χ0n) is 12.7. The van der Waals surface area contributed by atoms with Gasteiger partial charge in [0.25, 0.3) is 0 Å². The summed E-state index contributed by atoms with van der Waals surface area (Å²) in [6.45, 7) is 1.99. The number of nitrogens with one attached hydrogen (secondary N) is 1. The van der Waals surface area contributed by atoms with Gasteiger partial charge in [-0.1, -0.05) is 43.2 Å². The van der Waals surface area contributed by atoms with Gasteiger partial charge in [-0.15, -0.1) is 11.3 Å². The van der Waals surface area contributed by atoms with E-state index < -0.39 is 0 Å². The van der Waals surface area contributed by atoms with Crippen LogP contribution in [0.1, 0.15) is 30.7 Å². The minimum atomic E-state index is 0.891. The molecule has 1 heterocycles. The van der Waals surface area contributed by atoms with Crippen LogP contribution in [0.5, 0.6) is 0 Å². The fourth-order valence-electron chi connectivity index (χ4n) is 2.18. The molecule has 2 nitrogen and oxygen atoms in total. The molecule has 114 valence electrons. The molecule has 0 bridgehead atoms. The van der Waals surface area contributed by atoms with E-state index in [1.54, 1.807) is 11.3 Å². The molecule has 0 radical (unpaired) electrons. The molecule has 0 saturated carbocycles. The summed E-state index contributed by atoms with van der Waals surface area (Å²) < 4.78 is 0. The largest absolute Gasteiger partial charge is 0.310 e. The van der Waals surface area contributed by atoms with Crippen LogP contribution in [0.25, 0.3) is 11.3 Å². The lowest BCUT2D eigenvalue weighted by Crippen LogP contribution is -2.14. The summed E-state index contributed by atoms with van der Waals surface area (Å²) in [7, 11) is 0. The second kappa shape index (κ2) is 9.98. The number of nitrogens with zero attached hydrogens (tertiary/aromatic N) is 1. The highest BCUT2D eigenvalue weighted by atomic mass is 32.2. The first kappa shape index (κ1) is 16.5. The van der Waals surface area contributed by atoms with Gasteiger partial charge in [0.2, 0.25) is 0 Å². The number of thiazole rings is 1. The lowest BCUT2D eigenvalue weighted by Gasteiger charge is -2.02. The Kier molecular flexibility index (Phi) is 7.86. The Labute approximate surface area is 136 Å². The lowest BCUT2D eigenvalue weighted by atomic mass is 10.2. The Morgan fingerprint density at radius 3 is 2.71 bits per heavy atom. The van der Waals surface area contributed by atoms with Crippen LogP contribution in [0.15, 0.2) is 35.7 Å². The molecular formula is C17H24N2S2. The van der Waals surface area contributed by atoms with Crippen LogP contribution < -0.4 is 5.32 Å². The van der Waals surface area contributed by atoms with Crippen molar-refractivity contribution in [3.63, 3.8) is 0 Å². The van der Waals surface area contributed by atoms with Gasteiger partial charge < -0.3 is 5.32 Å². The molecule has 21 heavy (non-hydrogen) atoms. The molecule has 0 atom stereocenters. The van der Waals surface area contributed by atoms with E-state index in [1.165, 1.54) is 42.0 Å². The molecule has 0 fully saturated rings. The van der Waals surface area contributed by atoms with Crippen molar-refractivity contribution in [1.29, 1.82) is 0 Å². The van der Waals surface area contributed by atoms with Gasteiger partial charge >= 0.3 is 0 Å². The Balaban J connectivity index is 1.63. The molecule has 0 spiro atoms. The molecule has 1 aromatic heterocycles. The molecule has 0 saturated heterocycles. The lowest BCUT2D eigenvalue weighted by molar-refractivity contribution is 0.598. The topological polar surface area (TPSA) is 24.9 Å². The Morgan fingerprint density at radius 2 is 1.90 bits per heavy atom. The van der Waals surface area contributed by atoms with Crippen LogP contribution in [-0.4, -0.2) is 23.5 Å². The summed E-state index contributed by atoms with van der Waals surface area (Å²) in [4.78, 5) is 4.69. The molecule has 0 aliphatic carbocycles. The summed E-state index contributed by atoms with van der Waals surface area (Å²) >= 11 is 3.69. The van der Waals surface area contributed by atoms with Crippen LogP contribution >= 0.6 is 23.1 Å². The fourth-order valence-corrected chi connectivity index (χ4v) is 3.44. The standard InChI is InChI=1S/C17H24N2S2/c1-20-12-8-3-2-7-11-18-13-17-19-16(14-21-17)15-9-5-4-6-10-15/h4-6,9-10,14,18H,2-3,7-8,11-13H2,1H3. The van der Waals surface area contributed by atoms with E-state index >= 15 is 0 Å². The zero-order chi connectivity index (χ0) is 14.8. The average molecular weight is 321 g/mol. The molecule has 2 rings (SSSR count). The number of rotatable bonds is 10. The van der Waals surface area contributed by atoms with E-state index in [2.05, 4.69) is 41.2 Å². The van der Waals surface area contributed by atoms with Gasteiger partial charge in [-0.3, -0.25) is 0 Å². The quantitative estimate of drug-likeness (QED) is 0.635. The summed E-state index contributed by atoms with van der Waals surface area (Å²) in [5.41, 5.74) is 2.29. The number of benzene rings is 1. The molecule has 1 aromatic carbocycles. The maximum Gasteiger partial charge on any atom is 0.107 e. The van der Waals surface area contributed by atoms with Crippen molar-refractivity contribution in [2.45, 2.75) is 32.2 Å². The molecule has 2 aromatic rings. The van der Waals surface area contributed by atoms with E-state index in [4.69, 9.17) is 4.98 Å². The van der Waals surface area contributed by atoms with Crippen molar-refractivity contribution in [2.24, 2.45) is 0 Å². The second-order valence-electron chi connectivity index (χ2n) is 5.08. The van der Waals surface area contributed by atoms with Crippen molar-refractivity contribution >= 4 is 23.1 Å². The molecule has 1 N–H and O–H groups in total. The van der Waals surface area contributed by atoms with Gasteiger partial charge in [0.1, 0.15) is 5.01 Å². The highest BCUT2D eigenvalue weighted by Crippen LogP contribution is 2.21. The highest BCUT2D eigenvalue weighted by Gasteiger charge is 2.03. The van der Waals surface area contributed by atoms with Gasteiger partial charge in [-0.25, -0.2) is 4.98 Å². The maximum atomic E-state index is 4.69. The van der Waals surface area contributed by atoms with Crippen LogP contribution in [0.4, 0.5) is 0 Å². The van der Waals surface area contributed by atoms with Crippen molar-refractivity contribution in [2.75, 3.05) is 18.6 Å². The minimum absolute atomic E-state index is 0.891. The smallest absolute Gasteiger partial charge is 0.107 e. The average Bonchev–Trinajstić information content (AvgIpc) is 3.00. The summed E-state index contributed by atoms with van der Waals surface area (Å²) in [5, 5.41) is 6.82. The predicted octanol–water partition coefficient (Wildman–Crippen LogP) is 4.82. The summed E-state index contributed by atoms with van der Waals surface area (Å²) in [6, 6.07) is 10.4. The second-order valence-corrected chi connectivity index (χ2v) is 7.00. The Morgan fingerprint density at radius 1 is 1.10 bits per heavy atom. The van der Waals surface area contributed by atoms with E-state index in [0.29, 0.717) is 0 Å². The first-order valence-electron chi connectivity index (χ1n) is 7.59. The van der Waals surface area contributed by atoms with Gasteiger partial charge in [0.05, 0.1) is 5.69 Å². The molecule has 0 amide bonds. The number of hydrogen-bond acceptors (Lipinski definition) is 4. The van der Waals surface area contributed by atoms with E-state index in [-0.39, 0.29) is 0 Å². The van der Waals surface area contributed by atoms with Gasteiger partial charge in [-0.2, -0.15) is 11.8 Å². The maximum absolute atomic E-state index is 4.69. The molecule has 0 aliphatic rings. The van der Waals surface area contributed by atoms with Crippen molar-refractivity contribution < 1.29 is 0 Å². The molecule has 0 unspecified atom stereocenters. The SMILES string of the molecule is CSCCCCCCNCc1nc(-c2ccccc2)cs1. The third-order valence-corrected chi connectivity index (χ3v) is 4.90.